The summed E-state index contributed by atoms with van der Waals surface area (Å²) in [5.41, 5.74) is 1.22. The van der Waals surface area contributed by atoms with Crippen LogP contribution in [0.4, 0.5) is 0 Å². The maximum Gasteiger partial charge on any atom is 0.290 e. The Labute approximate surface area is 91.8 Å². The number of nitrogens with zero attached hydrogens (tertiary/aromatic N) is 2. The zero-order valence-corrected chi connectivity index (χ0v) is 10.2. The van der Waals surface area contributed by atoms with Crippen LogP contribution in [0.2, 0.25) is 0 Å². The van der Waals surface area contributed by atoms with Crippen LogP contribution >= 0.6 is 7.79 Å². The minimum Gasteiger partial charge on any atom is -0.213 e. The van der Waals surface area contributed by atoms with Crippen LogP contribution < -0.4 is 0 Å². The van der Waals surface area contributed by atoms with Crippen molar-refractivity contribution in [3.63, 3.8) is 0 Å². The van der Waals surface area contributed by atoms with E-state index < -0.39 is 7.79 Å². The van der Waals surface area contributed by atoms with E-state index >= 15 is 0 Å². The largest absolute Gasteiger partial charge is 0.290 e. The molecule has 1 aromatic carbocycles. The van der Waals surface area contributed by atoms with Crippen molar-refractivity contribution in [3.8, 4) is 0 Å². The van der Waals surface area contributed by atoms with Gasteiger partial charge in [0, 0.05) is 14.1 Å². The highest BCUT2D eigenvalue weighted by Gasteiger charge is 2.51. The molecule has 0 radical (unpaired) electrons. The highest BCUT2D eigenvalue weighted by molar-refractivity contribution is 7.65. The van der Waals surface area contributed by atoms with E-state index in [1.165, 1.54) is 5.56 Å². The van der Waals surface area contributed by atoms with Crippen molar-refractivity contribution in [2.75, 3.05) is 27.2 Å². The molecule has 0 aromatic heterocycles. The van der Waals surface area contributed by atoms with Crippen molar-refractivity contribution in [3.05, 3.63) is 35.9 Å². The summed E-state index contributed by atoms with van der Waals surface area (Å²) in [7, 11) is 1.97. The smallest absolute Gasteiger partial charge is 0.213 e. The van der Waals surface area contributed by atoms with E-state index in [0.717, 1.165) is 19.3 Å². The molecule has 1 aliphatic rings. The van der Waals surface area contributed by atoms with E-state index in [4.69, 9.17) is 0 Å². The van der Waals surface area contributed by atoms with Gasteiger partial charge in [0.2, 0.25) is 0 Å². The average molecular weight is 225 g/mol. The van der Waals surface area contributed by atoms with Gasteiger partial charge in [-0.25, -0.2) is 4.89 Å². The fraction of sp³-hybridized carbons (Fsp3) is 0.455. The van der Waals surface area contributed by atoms with Crippen LogP contribution in [-0.2, 0) is 6.16 Å². The van der Waals surface area contributed by atoms with Crippen molar-refractivity contribution in [1.82, 2.24) is 9.34 Å². The molecule has 0 atom stereocenters. The standard InChI is InChI=1S/C11H18N2OP/c1-12-8-9-13(2)15(12,14)10-11-6-4-3-5-7-11/h3-7,14H,8-10H2,1-2H3/q+1. The Morgan fingerprint density at radius 1 is 1.13 bits per heavy atom. The van der Waals surface area contributed by atoms with Crippen LogP contribution in [0.3, 0.4) is 0 Å². The molecule has 1 heterocycles. The molecule has 4 heteroatoms. The average Bonchev–Trinajstić information content (AvgIpc) is 2.48. The second-order valence-corrected chi connectivity index (χ2v) is 7.17. The summed E-state index contributed by atoms with van der Waals surface area (Å²) >= 11 is 0. The minimum atomic E-state index is -2.06. The molecule has 0 bridgehead atoms. The molecule has 1 aliphatic heterocycles. The summed E-state index contributed by atoms with van der Waals surface area (Å²) in [4.78, 5) is 10.6. The molecule has 15 heavy (non-hydrogen) atoms. The van der Waals surface area contributed by atoms with Crippen molar-refractivity contribution >= 4 is 7.79 Å². The summed E-state index contributed by atoms with van der Waals surface area (Å²) < 4.78 is 4.22. The van der Waals surface area contributed by atoms with Crippen LogP contribution in [-0.4, -0.2) is 41.4 Å². The molecule has 0 spiro atoms. The Hall–Kier alpha value is -0.470. The first kappa shape index (κ1) is 11.0. The third-order valence-corrected chi connectivity index (χ3v) is 6.45. The molecule has 0 amide bonds. The number of likely N-dealkylation sites (N-methyl/N-ethyl adjacent to an activating group) is 2. The fourth-order valence-electron chi connectivity index (χ4n) is 1.94. The second-order valence-electron chi connectivity index (χ2n) is 4.10. The van der Waals surface area contributed by atoms with Crippen molar-refractivity contribution in [2.24, 2.45) is 0 Å². The quantitative estimate of drug-likeness (QED) is 0.778. The van der Waals surface area contributed by atoms with E-state index in [-0.39, 0.29) is 0 Å². The molecular formula is C11H18N2OP+. The summed E-state index contributed by atoms with van der Waals surface area (Å²) in [6.07, 6.45) is 0.765. The second kappa shape index (κ2) is 4.18. The van der Waals surface area contributed by atoms with Gasteiger partial charge in [-0.15, -0.1) is 9.34 Å². The lowest BCUT2D eigenvalue weighted by Gasteiger charge is -2.25. The zero-order chi connectivity index (χ0) is 10.9. The monoisotopic (exact) mass is 225 g/mol. The molecule has 1 aromatic rings. The molecule has 3 nitrogen and oxygen atoms in total. The Balaban J connectivity index is 2.17. The van der Waals surface area contributed by atoms with Gasteiger partial charge in [0.1, 0.15) is 6.16 Å². The van der Waals surface area contributed by atoms with E-state index in [2.05, 4.69) is 21.5 Å². The zero-order valence-electron chi connectivity index (χ0n) is 9.30. The maximum atomic E-state index is 10.6. The Kier molecular flexibility index (Phi) is 3.08. The van der Waals surface area contributed by atoms with Gasteiger partial charge in [-0.2, -0.15) is 0 Å². The number of benzene rings is 1. The SMILES string of the molecule is CN1CCN(C)[P+]1(O)Cc1ccccc1. The molecule has 0 saturated carbocycles. The predicted molar refractivity (Wildman–Crippen MR) is 64.5 cm³/mol. The molecular weight excluding hydrogens is 207 g/mol. The van der Waals surface area contributed by atoms with Crippen LogP contribution in [0, 0.1) is 0 Å². The lowest BCUT2D eigenvalue weighted by Crippen LogP contribution is -2.20. The third kappa shape index (κ3) is 2.06. The van der Waals surface area contributed by atoms with Crippen molar-refractivity contribution < 1.29 is 4.89 Å². The van der Waals surface area contributed by atoms with E-state index in [0.29, 0.717) is 0 Å². The van der Waals surface area contributed by atoms with Crippen LogP contribution in [0.1, 0.15) is 5.56 Å². The highest BCUT2D eigenvalue weighted by atomic mass is 31.2. The van der Waals surface area contributed by atoms with Crippen LogP contribution in [0.5, 0.6) is 0 Å². The molecule has 0 aliphatic carbocycles. The van der Waals surface area contributed by atoms with E-state index in [1.807, 2.05) is 32.3 Å². The lowest BCUT2D eigenvalue weighted by atomic mass is 10.2. The van der Waals surface area contributed by atoms with E-state index in [9.17, 15) is 4.89 Å². The molecule has 0 unspecified atom stereocenters. The Bertz CT molecular complexity index is 321. The predicted octanol–water partition coefficient (Wildman–Crippen LogP) is 1.82. The van der Waals surface area contributed by atoms with Crippen molar-refractivity contribution in [2.45, 2.75) is 6.16 Å². The maximum absolute atomic E-state index is 10.6. The van der Waals surface area contributed by atoms with E-state index in [1.54, 1.807) is 0 Å². The summed E-state index contributed by atoms with van der Waals surface area (Å²) in [6.45, 7) is 1.93. The molecule has 2 rings (SSSR count). The highest BCUT2D eigenvalue weighted by Crippen LogP contribution is 2.64. The van der Waals surface area contributed by atoms with Gasteiger partial charge in [-0.05, 0) is 5.56 Å². The first-order valence-electron chi connectivity index (χ1n) is 5.21. The summed E-state index contributed by atoms with van der Waals surface area (Å²) in [5.74, 6) is 0. The van der Waals surface area contributed by atoms with Gasteiger partial charge in [0.25, 0.3) is 7.79 Å². The third-order valence-electron chi connectivity index (χ3n) is 3.08. The van der Waals surface area contributed by atoms with Crippen LogP contribution in [0.15, 0.2) is 30.3 Å². The minimum absolute atomic E-state index is 0.765. The van der Waals surface area contributed by atoms with Gasteiger partial charge >= 0.3 is 0 Å². The first-order valence-corrected chi connectivity index (χ1v) is 7.04. The Morgan fingerprint density at radius 3 is 2.20 bits per heavy atom. The molecule has 1 saturated heterocycles. The summed E-state index contributed by atoms with van der Waals surface area (Å²) in [5, 5.41) is 0. The number of rotatable bonds is 2. The van der Waals surface area contributed by atoms with Crippen molar-refractivity contribution in [1.29, 1.82) is 0 Å². The van der Waals surface area contributed by atoms with Gasteiger partial charge in [-0.3, -0.25) is 0 Å². The fourth-order valence-corrected chi connectivity index (χ4v) is 4.46. The lowest BCUT2D eigenvalue weighted by molar-refractivity contribution is 0.459. The van der Waals surface area contributed by atoms with Gasteiger partial charge in [0.05, 0.1) is 13.1 Å². The normalized spacial score (nSPS) is 22.1. The molecule has 82 valence electrons. The topological polar surface area (TPSA) is 26.7 Å². The molecule has 1 fully saturated rings. The first-order chi connectivity index (χ1) is 7.13. The van der Waals surface area contributed by atoms with Gasteiger partial charge in [-0.1, -0.05) is 30.3 Å². The van der Waals surface area contributed by atoms with Gasteiger partial charge in [0.15, 0.2) is 0 Å². The summed E-state index contributed by atoms with van der Waals surface area (Å²) in [6, 6.07) is 10.2. The Morgan fingerprint density at radius 2 is 1.67 bits per heavy atom. The number of hydrogen-bond acceptors (Lipinski definition) is 3. The van der Waals surface area contributed by atoms with Gasteiger partial charge < -0.3 is 0 Å². The molecule has 1 N–H and O–H groups in total. The number of hydrogen-bond donors (Lipinski definition) is 1. The van der Waals surface area contributed by atoms with Crippen LogP contribution in [0.25, 0.3) is 0 Å².